The molecule has 1 heterocycles. The average molecular weight is 165 g/mol. The molecule has 1 unspecified atom stereocenters. The first-order valence-corrected chi connectivity index (χ1v) is 4.55. The van der Waals surface area contributed by atoms with Gasteiger partial charge in [0.25, 0.3) is 0 Å². The topological polar surface area (TPSA) is 17.1 Å². The molecule has 1 rings (SSSR count). The van der Waals surface area contributed by atoms with Crippen LogP contribution in [0.25, 0.3) is 0 Å². The number of carbonyl (C=O) groups excluding carboxylic acids is 1. The van der Waals surface area contributed by atoms with Gasteiger partial charge >= 0.3 is 0 Å². The fraction of sp³-hybridized carbons (Fsp3) is 0.833. The Bertz CT molecular complexity index is 137. The van der Waals surface area contributed by atoms with Gasteiger partial charge in [-0.25, -0.2) is 0 Å². The van der Waals surface area contributed by atoms with Crippen LogP contribution < -0.4 is 0 Å². The summed E-state index contributed by atoms with van der Waals surface area (Å²) in [6.45, 7) is 1.93. The molecule has 1 aliphatic heterocycles. The third kappa shape index (κ3) is 1.24. The number of carbonyl (C=O) groups is 1. The molecular formula is C6H9ClOS. The molecule has 0 aromatic carbocycles. The zero-order valence-electron chi connectivity index (χ0n) is 5.32. The van der Waals surface area contributed by atoms with Gasteiger partial charge in [-0.15, -0.1) is 11.6 Å². The molecule has 0 spiro atoms. The van der Waals surface area contributed by atoms with E-state index in [4.69, 9.17) is 11.6 Å². The number of thioether (sulfide) groups is 1. The van der Waals surface area contributed by atoms with Crippen LogP contribution in [-0.4, -0.2) is 23.2 Å². The van der Waals surface area contributed by atoms with Gasteiger partial charge in [0.1, 0.15) is 0 Å². The Morgan fingerprint density at radius 2 is 2.56 bits per heavy atom. The summed E-state index contributed by atoms with van der Waals surface area (Å²) < 4.78 is 0. The summed E-state index contributed by atoms with van der Waals surface area (Å²) in [5.74, 6) is 2.33. The number of rotatable bonds is 1. The zero-order chi connectivity index (χ0) is 6.91. The molecule has 0 amide bonds. The van der Waals surface area contributed by atoms with Gasteiger partial charge in [-0.1, -0.05) is 6.92 Å². The van der Waals surface area contributed by atoms with Crippen molar-refractivity contribution in [2.75, 3.05) is 17.4 Å². The van der Waals surface area contributed by atoms with Gasteiger partial charge < -0.3 is 0 Å². The molecule has 52 valence electrons. The zero-order valence-corrected chi connectivity index (χ0v) is 6.89. The first-order valence-electron chi connectivity index (χ1n) is 2.86. The Labute approximate surface area is 64.1 Å². The van der Waals surface area contributed by atoms with Crippen molar-refractivity contribution in [3.05, 3.63) is 0 Å². The van der Waals surface area contributed by atoms with Crippen LogP contribution >= 0.6 is 23.4 Å². The molecule has 1 nitrogen and oxygen atoms in total. The third-order valence-corrected chi connectivity index (χ3v) is 3.52. The number of ketones is 1. The van der Waals surface area contributed by atoms with Gasteiger partial charge in [-0.05, 0) is 0 Å². The molecule has 0 radical (unpaired) electrons. The van der Waals surface area contributed by atoms with E-state index in [1.54, 1.807) is 11.8 Å². The summed E-state index contributed by atoms with van der Waals surface area (Å²) >= 11 is 7.29. The summed E-state index contributed by atoms with van der Waals surface area (Å²) in [4.78, 5) is 11.0. The molecule has 1 aliphatic rings. The van der Waals surface area contributed by atoms with E-state index in [0.717, 1.165) is 5.75 Å². The quantitative estimate of drug-likeness (QED) is 0.547. The first kappa shape index (κ1) is 7.42. The van der Waals surface area contributed by atoms with Crippen LogP contribution in [0.3, 0.4) is 0 Å². The van der Waals surface area contributed by atoms with Gasteiger partial charge in [0.2, 0.25) is 0 Å². The lowest BCUT2D eigenvalue weighted by atomic mass is 9.92. The molecule has 1 saturated heterocycles. The molecule has 0 saturated carbocycles. The van der Waals surface area contributed by atoms with Crippen molar-refractivity contribution in [3.8, 4) is 0 Å². The third-order valence-electron chi connectivity index (χ3n) is 1.62. The number of Topliss-reactive ketones (excluding diaryl/α,β-unsaturated/α-hetero) is 1. The summed E-state index contributed by atoms with van der Waals surface area (Å²) in [6.07, 6.45) is 0. The van der Waals surface area contributed by atoms with Crippen LogP contribution in [0.5, 0.6) is 0 Å². The van der Waals surface area contributed by atoms with Gasteiger partial charge in [0, 0.05) is 17.0 Å². The van der Waals surface area contributed by atoms with Gasteiger partial charge in [0.15, 0.2) is 5.78 Å². The largest absolute Gasteiger partial charge is 0.298 e. The van der Waals surface area contributed by atoms with E-state index in [1.165, 1.54) is 0 Å². The average Bonchev–Trinajstić information content (AvgIpc) is 2.15. The fourth-order valence-electron chi connectivity index (χ4n) is 0.737. The predicted molar refractivity (Wildman–Crippen MR) is 41.2 cm³/mol. The Morgan fingerprint density at radius 1 is 1.89 bits per heavy atom. The molecule has 0 aromatic rings. The maximum atomic E-state index is 11.0. The van der Waals surface area contributed by atoms with Crippen LogP contribution in [-0.2, 0) is 4.79 Å². The van der Waals surface area contributed by atoms with E-state index in [0.29, 0.717) is 17.4 Å². The Kier molecular flexibility index (Phi) is 2.07. The Morgan fingerprint density at radius 3 is 2.78 bits per heavy atom. The van der Waals surface area contributed by atoms with Gasteiger partial charge in [-0.3, -0.25) is 4.79 Å². The van der Waals surface area contributed by atoms with Crippen molar-refractivity contribution in [1.82, 2.24) is 0 Å². The molecule has 1 atom stereocenters. The normalized spacial score (nSPS) is 35.6. The second-order valence-corrected chi connectivity index (χ2v) is 3.86. The van der Waals surface area contributed by atoms with E-state index in [9.17, 15) is 4.79 Å². The standard InChI is InChI=1S/C6H9ClOS/c1-6(3-7)4-9-2-5(6)8/h2-4H2,1H3. The molecule has 0 bridgehead atoms. The molecular weight excluding hydrogens is 156 g/mol. The highest BCUT2D eigenvalue weighted by Crippen LogP contribution is 2.32. The second-order valence-electron chi connectivity index (χ2n) is 2.61. The van der Waals surface area contributed by atoms with Crippen molar-refractivity contribution in [2.45, 2.75) is 6.92 Å². The van der Waals surface area contributed by atoms with Crippen molar-refractivity contribution >= 4 is 29.1 Å². The lowest BCUT2D eigenvalue weighted by molar-refractivity contribution is -0.122. The maximum absolute atomic E-state index is 11.0. The van der Waals surface area contributed by atoms with Crippen LogP contribution in [0, 0.1) is 5.41 Å². The van der Waals surface area contributed by atoms with E-state index >= 15 is 0 Å². The highest BCUT2D eigenvalue weighted by atomic mass is 35.5. The van der Waals surface area contributed by atoms with E-state index in [1.807, 2.05) is 6.92 Å². The number of hydrogen-bond donors (Lipinski definition) is 0. The van der Waals surface area contributed by atoms with Gasteiger partial charge in [0.05, 0.1) is 5.75 Å². The predicted octanol–water partition coefficient (Wildman–Crippen LogP) is 1.55. The number of halogens is 1. The van der Waals surface area contributed by atoms with Crippen molar-refractivity contribution < 1.29 is 4.79 Å². The molecule has 0 N–H and O–H groups in total. The summed E-state index contributed by atoms with van der Waals surface area (Å²) in [6, 6.07) is 0. The number of hydrogen-bond acceptors (Lipinski definition) is 2. The molecule has 0 aliphatic carbocycles. The molecule has 9 heavy (non-hydrogen) atoms. The van der Waals surface area contributed by atoms with Crippen LogP contribution in [0.1, 0.15) is 6.92 Å². The second kappa shape index (κ2) is 2.51. The smallest absolute Gasteiger partial charge is 0.150 e. The van der Waals surface area contributed by atoms with Crippen molar-refractivity contribution in [1.29, 1.82) is 0 Å². The molecule has 0 aromatic heterocycles. The van der Waals surface area contributed by atoms with E-state index in [2.05, 4.69) is 0 Å². The fourth-order valence-corrected chi connectivity index (χ4v) is 2.44. The first-order chi connectivity index (χ1) is 4.19. The lowest BCUT2D eigenvalue weighted by Crippen LogP contribution is -2.27. The number of alkyl halides is 1. The van der Waals surface area contributed by atoms with Crippen LogP contribution in [0.4, 0.5) is 0 Å². The lowest BCUT2D eigenvalue weighted by Gasteiger charge is -2.15. The highest BCUT2D eigenvalue weighted by Gasteiger charge is 2.36. The summed E-state index contributed by atoms with van der Waals surface area (Å²) in [5.41, 5.74) is -0.216. The minimum Gasteiger partial charge on any atom is -0.298 e. The minimum absolute atomic E-state index is 0.216. The van der Waals surface area contributed by atoms with Crippen molar-refractivity contribution in [2.24, 2.45) is 5.41 Å². The Balaban J connectivity index is 2.67. The van der Waals surface area contributed by atoms with Crippen molar-refractivity contribution in [3.63, 3.8) is 0 Å². The summed E-state index contributed by atoms with van der Waals surface area (Å²) in [7, 11) is 0. The van der Waals surface area contributed by atoms with Gasteiger partial charge in [-0.2, -0.15) is 11.8 Å². The summed E-state index contributed by atoms with van der Waals surface area (Å²) in [5, 5.41) is 0. The monoisotopic (exact) mass is 164 g/mol. The molecule has 1 fully saturated rings. The Hall–Kier alpha value is 0.310. The van der Waals surface area contributed by atoms with Crippen LogP contribution in [0.15, 0.2) is 0 Å². The van der Waals surface area contributed by atoms with E-state index < -0.39 is 0 Å². The SMILES string of the molecule is CC1(CCl)CSCC1=O. The van der Waals surface area contributed by atoms with Crippen LogP contribution in [0.2, 0.25) is 0 Å². The minimum atomic E-state index is -0.216. The molecule has 3 heteroatoms. The highest BCUT2D eigenvalue weighted by molar-refractivity contribution is 8.00. The maximum Gasteiger partial charge on any atom is 0.150 e. The van der Waals surface area contributed by atoms with E-state index in [-0.39, 0.29) is 5.41 Å².